The number of amides is 2. The van der Waals surface area contributed by atoms with E-state index in [4.69, 9.17) is 19.5 Å². The summed E-state index contributed by atoms with van der Waals surface area (Å²) in [5.41, 5.74) is 2.23. The summed E-state index contributed by atoms with van der Waals surface area (Å²) in [4.78, 5) is 25.2. The first kappa shape index (κ1) is 29.5. The molecule has 0 aromatic heterocycles. The smallest absolute Gasteiger partial charge is 0.407 e. The second-order valence-electron chi connectivity index (χ2n) is 11.2. The molecule has 3 aromatic rings. The van der Waals surface area contributed by atoms with Gasteiger partial charge in [0.15, 0.2) is 0 Å². The van der Waals surface area contributed by atoms with E-state index in [1.54, 1.807) is 42.5 Å². The van der Waals surface area contributed by atoms with Gasteiger partial charge in [0, 0.05) is 24.2 Å². The van der Waals surface area contributed by atoms with Crippen LogP contribution in [-0.4, -0.2) is 23.6 Å². The van der Waals surface area contributed by atoms with Crippen LogP contribution < -0.4 is 20.1 Å². The summed E-state index contributed by atoms with van der Waals surface area (Å²) in [5.74, 6) is 1.32. The predicted octanol–water partition coefficient (Wildman–Crippen LogP) is 7.02. The van der Waals surface area contributed by atoms with E-state index in [-0.39, 0.29) is 18.6 Å². The molecule has 1 saturated carbocycles. The summed E-state index contributed by atoms with van der Waals surface area (Å²) in [5, 5.41) is 15.0. The van der Waals surface area contributed by atoms with Crippen molar-refractivity contribution in [3.05, 3.63) is 89.0 Å². The molecule has 0 heterocycles. The predicted molar refractivity (Wildman–Crippen MR) is 156 cm³/mol. The van der Waals surface area contributed by atoms with Gasteiger partial charge in [-0.25, -0.2) is 4.79 Å². The molecule has 1 fully saturated rings. The molecule has 0 bridgehead atoms. The lowest BCUT2D eigenvalue weighted by Gasteiger charge is -2.23. The molecule has 8 heteroatoms. The highest BCUT2D eigenvalue weighted by Crippen LogP contribution is 2.29. The van der Waals surface area contributed by atoms with Gasteiger partial charge in [0.05, 0.1) is 11.6 Å². The molecule has 0 saturated heterocycles. The minimum Gasteiger partial charge on any atom is -0.489 e. The first-order chi connectivity index (χ1) is 19.7. The van der Waals surface area contributed by atoms with Gasteiger partial charge in [0.1, 0.15) is 29.5 Å². The molecule has 1 aliphatic rings. The standard InChI is InChI=1S/C33H37N3O5/c1-33(2,3)41-32(38)35-21-24-8-7-9-25(16-24)22-39-29-17-26(31(37)36-27-10-5-4-6-11-27)18-30(19-29)40-28-14-12-23(20-34)13-15-28/h7-9,12-19,27H,4-6,10-11,21-22H2,1-3H3,(H,35,38)(H,36,37). The summed E-state index contributed by atoms with van der Waals surface area (Å²) < 4.78 is 17.5. The Bertz CT molecular complexity index is 1380. The largest absolute Gasteiger partial charge is 0.489 e. The molecule has 1 aliphatic carbocycles. The van der Waals surface area contributed by atoms with Crippen LogP contribution in [0, 0.1) is 11.3 Å². The third-order valence-corrected chi connectivity index (χ3v) is 6.53. The monoisotopic (exact) mass is 555 g/mol. The number of rotatable bonds is 9. The van der Waals surface area contributed by atoms with Crippen LogP contribution in [0.4, 0.5) is 4.79 Å². The number of nitriles is 1. The molecule has 4 rings (SSSR count). The van der Waals surface area contributed by atoms with Crippen molar-refractivity contribution in [3.8, 4) is 23.3 Å². The van der Waals surface area contributed by atoms with Crippen molar-refractivity contribution in [2.45, 2.75) is 77.7 Å². The highest BCUT2D eigenvalue weighted by Gasteiger charge is 2.19. The van der Waals surface area contributed by atoms with E-state index in [1.807, 2.05) is 45.0 Å². The zero-order valence-electron chi connectivity index (χ0n) is 23.9. The SMILES string of the molecule is CC(C)(C)OC(=O)NCc1cccc(COc2cc(Oc3ccc(C#N)cc3)cc(C(=O)NC3CCCCC3)c2)c1. The Hall–Kier alpha value is -4.51. The van der Waals surface area contributed by atoms with Gasteiger partial charge in [0.25, 0.3) is 5.91 Å². The molecule has 0 atom stereocenters. The Morgan fingerprint density at radius 2 is 1.61 bits per heavy atom. The molecule has 0 radical (unpaired) electrons. The maximum absolute atomic E-state index is 13.2. The third kappa shape index (κ3) is 9.57. The Labute approximate surface area is 241 Å². The van der Waals surface area contributed by atoms with Crippen molar-refractivity contribution in [3.63, 3.8) is 0 Å². The first-order valence-electron chi connectivity index (χ1n) is 14.0. The van der Waals surface area contributed by atoms with Crippen molar-refractivity contribution >= 4 is 12.0 Å². The number of alkyl carbamates (subject to hydrolysis) is 1. The van der Waals surface area contributed by atoms with Crippen LogP contribution in [0.15, 0.2) is 66.7 Å². The highest BCUT2D eigenvalue weighted by atomic mass is 16.6. The third-order valence-electron chi connectivity index (χ3n) is 6.53. The summed E-state index contributed by atoms with van der Waals surface area (Å²) in [6.07, 6.45) is 4.93. The molecule has 0 spiro atoms. The Morgan fingerprint density at radius 1 is 0.902 bits per heavy atom. The van der Waals surface area contributed by atoms with Gasteiger partial charge < -0.3 is 24.8 Å². The number of carbonyl (C=O) groups is 2. The average molecular weight is 556 g/mol. The average Bonchev–Trinajstić information content (AvgIpc) is 2.95. The second-order valence-corrected chi connectivity index (χ2v) is 11.2. The molecule has 41 heavy (non-hydrogen) atoms. The number of ether oxygens (including phenoxy) is 3. The maximum atomic E-state index is 13.2. The number of carbonyl (C=O) groups excluding carboxylic acids is 2. The van der Waals surface area contributed by atoms with E-state index in [9.17, 15) is 9.59 Å². The Balaban J connectivity index is 1.47. The first-order valence-corrected chi connectivity index (χ1v) is 14.0. The molecule has 214 valence electrons. The van der Waals surface area contributed by atoms with Gasteiger partial charge in [0.2, 0.25) is 0 Å². The number of hydrogen-bond acceptors (Lipinski definition) is 6. The summed E-state index contributed by atoms with van der Waals surface area (Å²) in [7, 11) is 0. The molecule has 0 aliphatic heterocycles. The van der Waals surface area contributed by atoms with Crippen LogP contribution in [0.25, 0.3) is 0 Å². The molecular weight excluding hydrogens is 518 g/mol. The quantitative estimate of drug-likeness (QED) is 0.294. The van der Waals surface area contributed by atoms with Gasteiger partial charge in [-0.2, -0.15) is 5.26 Å². The van der Waals surface area contributed by atoms with Crippen LogP contribution in [0.1, 0.15) is 79.9 Å². The zero-order valence-corrected chi connectivity index (χ0v) is 23.9. The zero-order chi connectivity index (χ0) is 29.2. The number of benzene rings is 3. The fourth-order valence-electron chi connectivity index (χ4n) is 4.58. The topological polar surface area (TPSA) is 110 Å². The van der Waals surface area contributed by atoms with Crippen molar-refractivity contribution in [2.75, 3.05) is 0 Å². The normalized spacial score (nSPS) is 13.5. The maximum Gasteiger partial charge on any atom is 0.407 e. The van der Waals surface area contributed by atoms with E-state index in [2.05, 4.69) is 16.7 Å². The van der Waals surface area contributed by atoms with E-state index < -0.39 is 11.7 Å². The number of hydrogen-bond donors (Lipinski definition) is 2. The van der Waals surface area contributed by atoms with Gasteiger partial charge in [-0.1, -0.05) is 43.5 Å². The van der Waals surface area contributed by atoms with Gasteiger partial charge in [-0.3, -0.25) is 4.79 Å². The van der Waals surface area contributed by atoms with Gasteiger partial charge in [-0.15, -0.1) is 0 Å². The number of nitrogens with zero attached hydrogens (tertiary/aromatic N) is 1. The van der Waals surface area contributed by atoms with E-state index in [0.717, 1.165) is 36.8 Å². The van der Waals surface area contributed by atoms with Crippen molar-refractivity contribution < 1.29 is 23.8 Å². The van der Waals surface area contributed by atoms with E-state index in [1.165, 1.54) is 6.42 Å². The van der Waals surface area contributed by atoms with E-state index in [0.29, 0.717) is 34.9 Å². The van der Waals surface area contributed by atoms with Crippen LogP contribution in [0.2, 0.25) is 0 Å². The Morgan fingerprint density at radius 3 is 2.32 bits per heavy atom. The van der Waals surface area contributed by atoms with E-state index >= 15 is 0 Å². The minimum absolute atomic E-state index is 0.165. The summed E-state index contributed by atoms with van der Waals surface area (Å²) in [6.45, 7) is 6.03. The second kappa shape index (κ2) is 13.7. The lowest BCUT2D eigenvalue weighted by atomic mass is 9.95. The van der Waals surface area contributed by atoms with Crippen LogP contribution >= 0.6 is 0 Å². The molecule has 2 amide bonds. The summed E-state index contributed by atoms with van der Waals surface area (Å²) >= 11 is 0. The Kier molecular flexibility index (Phi) is 9.86. The van der Waals surface area contributed by atoms with Crippen LogP contribution in [0.3, 0.4) is 0 Å². The van der Waals surface area contributed by atoms with Crippen LogP contribution in [-0.2, 0) is 17.9 Å². The van der Waals surface area contributed by atoms with Gasteiger partial charge >= 0.3 is 6.09 Å². The van der Waals surface area contributed by atoms with Crippen LogP contribution in [0.5, 0.6) is 17.2 Å². The fourth-order valence-corrected chi connectivity index (χ4v) is 4.58. The summed E-state index contributed by atoms with van der Waals surface area (Å²) in [6, 6.07) is 21.9. The lowest BCUT2D eigenvalue weighted by Crippen LogP contribution is -2.36. The molecular formula is C33H37N3O5. The molecule has 0 unspecified atom stereocenters. The van der Waals surface area contributed by atoms with Crippen molar-refractivity contribution in [1.82, 2.24) is 10.6 Å². The molecule has 2 N–H and O–H groups in total. The van der Waals surface area contributed by atoms with Crippen molar-refractivity contribution in [1.29, 1.82) is 5.26 Å². The van der Waals surface area contributed by atoms with Crippen molar-refractivity contribution in [2.24, 2.45) is 0 Å². The molecule has 3 aromatic carbocycles. The number of nitrogens with one attached hydrogen (secondary N) is 2. The van der Waals surface area contributed by atoms with Gasteiger partial charge in [-0.05, 0) is 81.1 Å². The molecule has 8 nitrogen and oxygen atoms in total. The minimum atomic E-state index is -0.565. The fraction of sp³-hybridized carbons (Fsp3) is 0.364. The lowest BCUT2D eigenvalue weighted by molar-refractivity contribution is 0.0523. The highest BCUT2D eigenvalue weighted by molar-refractivity contribution is 5.95.